The van der Waals surface area contributed by atoms with Crippen molar-refractivity contribution in [3.63, 3.8) is 0 Å². The maximum absolute atomic E-state index is 6.11. The fourth-order valence-electron chi connectivity index (χ4n) is 3.60. The van der Waals surface area contributed by atoms with Crippen LogP contribution in [0.25, 0.3) is 17.0 Å². The van der Waals surface area contributed by atoms with Gasteiger partial charge in [0.25, 0.3) is 5.89 Å². The number of nitrogens with one attached hydrogen (secondary N) is 1. The molecule has 3 aromatic rings. The number of unbranched alkanes of at least 4 members (excludes halogenated alkanes) is 1. The second-order valence-corrected chi connectivity index (χ2v) is 8.63. The molecule has 0 saturated heterocycles. The lowest BCUT2D eigenvalue weighted by atomic mass is 9.94. The van der Waals surface area contributed by atoms with E-state index in [0.29, 0.717) is 26.9 Å². The fraction of sp³-hybridized carbons (Fsp3) is 0.261. The summed E-state index contributed by atoms with van der Waals surface area (Å²) in [6.07, 6.45) is 2.10. The third-order valence-corrected chi connectivity index (χ3v) is 6.14. The molecule has 2 heterocycles. The van der Waals surface area contributed by atoms with Crippen LogP contribution in [0.5, 0.6) is 0 Å². The van der Waals surface area contributed by atoms with Crippen molar-refractivity contribution in [1.29, 1.82) is 0 Å². The topological polar surface area (TPSA) is 54.2 Å². The number of hydrogen-bond acceptors (Lipinski definition) is 4. The monoisotopic (exact) mass is 472 g/mol. The third-order valence-electron chi connectivity index (χ3n) is 5.29. The molecule has 0 fully saturated rings. The Kier molecular flexibility index (Phi) is 6.60. The summed E-state index contributed by atoms with van der Waals surface area (Å²) in [7, 11) is 0. The van der Waals surface area contributed by atoms with Gasteiger partial charge < -0.3 is 14.7 Å². The SMILES string of the molecule is CCCCN1C(=S)NC(c2ccc(Cl)cc2)C(c2nc(-c3ccc(Cl)cc3)no2)=C1C. The molecule has 8 heteroatoms. The van der Waals surface area contributed by atoms with Crippen LogP contribution in [0.2, 0.25) is 10.0 Å². The average molecular weight is 473 g/mol. The van der Waals surface area contributed by atoms with Crippen LogP contribution in [0.1, 0.15) is 44.2 Å². The lowest BCUT2D eigenvalue weighted by molar-refractivity contribution is 0.395. The van der Waals surface area contributed by atoms with Gasteiger partial charge in [0.2, 0.25) is 5.82 Å². The maximum atomic E-state index is 6.11. The molecule has 4 rings (SSSR count). The quantitative estimate of drug-likeness (QED) is 0.412. The molecule has 0 spiro atoms. The van der Waals surface area contributed by atoms with Gasteiger partial charge in [0.1, 0.15) is 0 Å². The highest BCUT2D eigenvalue weighted by atomic mass is 35.5. The van der Waals surface area contributed by atoms with Gasteiger partial charge in [0.15, 0.2) is 5.11 Å². The van der Waals surface area contributed by atoms with Crippen LogP contribution in [0.15, 0.2) is 58.8 Å². The van der Waals surface area contributed by atoms with Gasteiger partial charge in [-0.3, -0.25) is 0 Å². The van der Waals surface area contributed by atoms with E-state index in [4.69, 9.17) is 44.9 Å². The Hall–Kier alpha value is -2.41. The number of benzene rings is 2. The molecular weight excluding hydrogens is 451 g/mol. The first kappa shape index (κ1) is 21.8. The molecule has 1 unspecified atom stereocenters. The van der Waals surface area contributed by atoms with Gasteiger partial charge >= 0.3 is 0 Å². The number of rotatable bonds is 6. The molecule has 0 amide bonds. The Morgan fingerprint density at radius 1 is 1.06 bits per heavy atom. The molecular formula is C23H22Cl2N4OS. The van der Waals surface area contributed by atoms with Crippen LogP contribution in [0, 0.1) is 0 Å². The summed E-state index contributed by atoms with van der Waals surface area (Å²) in [5.41, 5.74) is 3.76. The second kappa shape index (κ2) is 9.39. The van der Waals surface area contributed by atoms with Crippen LogP contribution in [0.4, 0.5) is 0 Å². The van der Waals surface area contributed by atoms with Crippen molar-refractivity contribution < 1.29 is 4.52 Å². The predicted molar refractivity (Wildman–Crippen MR) is 129 cm³/mol. The highest BCUT2D eigenvalue weighted by molar-refractivity contribution is 7.80. The first-order valence-electron chi connectivity index (χ1n) is 10.1. The van der Waals surface area contributed by atoms with Crippen molar-refractivity contribution in [2.75, 3.05) is 6.54 Å². The number of allylic oxidation sites excluding steroid dienone is 1. The van der Waals surface area contributed by atoms with E-state index >= 15 is 0 Å². The summed E-state index contributed by atoms with van der Waals surface area (Å²) in [6.45, 7) is 5.03. The summed E-state index contributed by atoms with van der Waals surface area (Å²) in [6, 6.07) is 14.8. The highest BCUT2D eigenvalue weighted by Gasteiger charge is 2.33. The fourth-order valence-corrected chi connectivity index (χ4v) is 4.20. The molecule has 0 radical (unpaired) electrons. The van der Waals surface area contributed by atoms with Crippen LogP contribution in [0.3, 0.4) is 0 Å². The number of aromatic nitrogens is 2. The van der Waals surface area contributed by atoms with Crippen LogP contribution in [-0.4, -0.2) is 26.7 Å². The minimum absolute atomic E-state index is 0.221. The van der Waals surface area contributed by atoms with Crippen molar-refractivity contribution >= 4 is 46.1 Å². The smallest absolute Gasteiger partial charge is 0.258 e. The molecule has 5 nitrogen and oxygen atoms in total. The molecule has 0 saturated carbocycles. The zero-order valence-corrected chi connectivity index (χ0v) is 19.6. The van der Waals surface area contributed by atoms with E-state index in [1.54, 1.807) is 12.1 Å². The molecule has 1 N–H and O–H groups in total. The highest BCUT2D eigenvalue weighted by Crippen LogP contribution is 2.37. The van der Waals surface area contributed by atoms with E-state index in [9.17, 15) is 0 Å². The largest absolute Gasteiger partial charge is 0.351 e. The Morgan fingerprint density at radius 3 is 2.35 bits per heavy atom. The predicted octanol–water partition coefficient (Wildman–Crippen LogP) is 6.51. The van der Waals surface area contributed by atoms with E-state index in [1.165, 1.54) is 0 Å². The average Bonchev–Trinajstić information content (AvgIpc) is 3.24. The third kappa shape index (κ3) is 4.61. The molecule has 160 valence electrons. The lowest BCUT2D eigenvalue weighted by Crippen LogP contribution is -2.46. The van der Waals surface area contributed by atoms with Crippen molar-refractivity contribution in [2.24, 2.45) is 0 Å². The molecule has 1 atom stereocenters. The van der Waals surface area contributed by atoms with Gasteiger partial charge in [0, 0.05) is 27.9 Å². The van der Waals surface area contributed by atoms with E-state index in [-0.39, 0.29) is 6.04 Å². The van der Waals surface area contributed by atoms with E-state index in [0.717, 1.165) is 41.8 Å². The van der Waals surface area contributed by atoms with Gasteiger partial charge in [-0.2, -0.15) is 4.98 Å². The molecule has 31 heavy (non-hydrogen) atoms. The first-order chi connectivity index (χ1) is 15.0. The summed E-state index contributed by atoms with van der Waals surface area (Å²) in [5, 5.41) is 9.69. The van der Waals surface area contributed by atoms with Crippen molar-refractivity contribution in [3.8, 4) is 11.4 Å². The Morgan fingerprint density at radius 2 is 1.71 bits per heavy atom. The normalized spacial score (nSPS) is 16.6. The molecule has 1 aromatic heterocycles. The van der Waals surface area contributed by atoms with Crippen LogP contribution >= 0.6 is 35.4 Å². The minimum Gasteiger partial charge on any atom is -0.351 e. The van der Waals surface area contributed by atoms with Gasteiger partial charge in [-0.25, -0.2) is 0 Å². The summed E-state index contributed by atoms with van der Waals surface area (Å²) < 4.78 is 5.73. The van der Waals surface area contributed by atoms with Gasteiger partial charge in [0.05, 0.1) is 11.6 Å². The Bertz CT molecular complexity index is 1110. The van der Waals surface area contributed by atoms with Crippen molar-refractivity contribution in [1.82, 2.24) is 20.4 Å². The number of hydrogen-bond donors (Lipinski definition) is 1. The van der Waals surface area contributed by atoms with Gasteiger partial charge in [-0.05, 0) is 67.5 Å². The minimum atomic E-state index is -0.221. The van der Waals surface area contributed by atoms with Crippen LogP contribution < -0.4 is 5.32 Å². The lowest BCUT2D eigenvalue weighted by Gasteiger charge is -2.37. The van der Waals surface area contributed by atoms with Crippen molar-refractivity contribution in [2.45, 2.75) is 32.7 Å². The molecule has 0 aliphatic carbocycles. The first-order valence-corrected chi connectivity index (χ1v) is 11.3. The zero-order valence-electron chi connectivity index (χ0n) is 17.2. The Labute approximate surface area is 197 Å². The van der Waals surface area contributed by atoms with Gasteiger partial charge in [-0.1, -0.05) is 53.8 Å². The molecule has 2 aromatic carbocycles. The van der Waals surface area contributed by atoms with Crippen molar-refractivity contribution in [3.05, 3.63) is 75.7 Å². The summed E-state index contributed by atoms with van der Waals surface area (Å²) in [4.78, 5) is 6.81. The standard InChI is InChI=1S/C23H22Cl2N4OS/c1-3-4-13-29-14(2)19(20(26-23(29)31)15-5-9-17(24)10-6-15)22-27-21(28-30-22)16-7-11-18(25)12-8-16/h5-12,20H,3-4,13H2,1-2H3,(H,26,31). The number of nitrogens with zero attached hydrogens (tertiary/aromatic N) is 3. The summed E-state index contributed by atoms with van der Waals surface area (Å²) in [5.74, 6) is 0.967. The Balaban J connectivity index is 1.78. The molecule has 0 bridgehead atoms. The van der Waals surface area contributed by atoms with E-state index in [2.05, 4.69) is 22.3 Å². The van der Waals surface area contributed by atoms with E-state index < -0.39 is 0 Å². The summed E-state index contributed by atoms with van der Waals surface area (Å²) >= 11 is 17.8. The molecule has 1 aliphatic heterocycles. The van der Waals surface area contributed by atoms with Gasteiger partial charge in [-0.15, -0.1) is 0 Å². The molecule has 1 aliphatic rings. The number of halogens is 2. The maximum Gasteiger partial charge on any atom is 0.258 e. The zero-order chi connectivity index (χ0) is 22.0. The number of thiocarbonyl (C=S) groups is 1. The van der Waals surface area contributed by atoms with Crippen LogP contribution in [-0.2, 0) is 0 Å². The van der Waals surface area contributed by atoms with E-state index in [1.807, 2.05) is 43.3 Å². The second-order valence-electron chi connectivity index (χ2n) is 7.37.